The van der Waals surface area contributed by atoms with Gasteiger partial charge in [0.15, 0.2) is 5.95 Å². The van der Waals surface area contributed by atoms with Crippen molar-refractivity contribution >= 4 is 45.2 Å². The van der Waals surface area contributed by atoms with Crippen molar-refractivity contribution in [2.24, 2.45) is 0 Å². The number of carbonyl (C=O) groups excluding carboxylic acids is 1. The maximum atomic E-state index is 13.1. The minimum atomic E-state index is -0.189. The van der Waals surface area contributed by atoms with Crippen molar-refractivity contribution in [1.82, 2.24) is 20.2 Å². The number of aromatic amines is 2. The van der Waals surface area contributed by atoms with Crippen molar-refractivity contribution in [2.45, 2.75) is 13.8 Å². The summed E-state index contributed by atoms with van der Waals surface area (Å²) in [4.78, 5) is 22.5. The summed E-state index contributed by atoms with van der Waals surface area (Å²) in [6.45, 7) is 5.67. The number of nitrogens with zero attached hydrogens (tertiary/aromatic N) is 3. The Hall–Kier alpha value is -3.55. The lowest BCUT2D eigenvalue weighted by atomic mass is 10.1. The number of hydrogen-bond acceptors (Lipinski definition) is 5. The number of nitrogens with two attached hydrogens (primary N) is 1. The summed E-state index contributed by atoms with van der Waals surface area (Å²) in [6.07, 6.45) is 1.75. The first kappa shape index (κ1) is 16.9. The van der Waals surface area contributed by atoms with Gasteiger partial charge in [-0.2, -0.15) is 5.10 Å². The molecule has 0 unspecified atom stereocenters. The van der Waals surface area contributed by atoms with Gasteiger partial charge in [-0.25, -0.2) is 4.98 Å². The molecule has 1 amide bonds. The number of hydrogen-bond donors (Lipinski definition) is 4. The van der Waals surface area contributed by atoms with Crippen LogP contribution in [0, 0.1) is 0 Å². The molecular formula is C19H21N7O. The van der Waals surface area contributed by atoms with Crippen LogP contribution in [0.2, 0.25) is 0 Å². The van der Waals surface area contributed by atoms with Gasteiger partial charge in [0.25, 0.3) is 5.91 Å². The van der Waals surface area contributed by atoms with Crippen LogP contribution in [0.15, 0.2) is 36.5 Å². The Kier molecular flexibility index (Phi) is 4.15. The summed E-state index contributed by atoms with van der Waals surface area (Å²) in [6, 6.07) is 9.35. The van der Waals surface area contributed by atoms with E-state index < -0.39 is 0 Å². The molecule has 4 rings (SSSR count). The fraction of sp³-hybridized carbons (Fsp3) is 0.211. The van der Waals surface area contributed by atoms with Crippen molar-refractivity contribution in [1.29, 1.82) is 0 Å². The highest BCUT2D eigenvalue weighted by molar-refractivity contribution is 6.11. The van der Waals surface area contributed by atoms with Gasteiger partial charge in [0.1, 0.15) is 0 Å². The van der Waals surface area contributed by atoms with E-state index in [-0.39, 0.29) is 5.91 Å². The van der Waals surface area contributed by atoms with E-state index in [0.29, 0.717) is 17.2 Å². The summed E-state index contributed by atoms with van der Waals surface area (Å²) in [7, 11) is 0. The molecule has 27 heavy (non-hydrogen) atoms. The van der Waals surface area contributed by atoms with Gasteiger partial charge in [-0.15, -0.1) is 0 Å². The molecule has 8 heteroatoms. The number of aromatic nitrogens is 4. The first-order valence-corrected chi connectivity index (χ1v) is 8.87. The second kappa shape index (κ2) is 6.64. The molecule has 2 heterocycles. The maximum Gasteiger partial charge on any atom is 0.257 e. The van der Waals surface area contributed by atoms with E-state index in [0.717, 1.165) is 40.7 Å². The molecule has 0 radical (unpaired) electrons. The zero-order valence-electron chi connectivity index (χ0n) is 15.2. The molecule has 2 aromatic heterocycles. The smallest absolute Gasteiger partial charge is 0.257 e. The van der Waals surface area contributed by atoms with Gasteiger partial charge in [-0.05, 0) is 44.2 Å². The van der Waals surface area contributed by atoms with E-state index in [1.54, 1.807) is 12.3 Å². The van der Waals surface area contributed by atoms with E-state index in [2.05, 4.69) is 44.2 Å². The number of nitrogens with one attached hydrogen (secondary N) is 3. The van der Waals surface area contributed by atoms with Crippen LogP contribution in [0.1, 0.15) is 24.2 Å². The van der Waals surface area contributed by atoms with Crippen LogP contribution in [0.5, 0.6) is 0 Å². The molecule has 138 valence electrons. The molecule has 0 fully saturated rings. The molecule has 8 nitrogen and oxygen atoms in total. The minimum Gasteiger partial charge on any atom is -0.371 e. The van der Waals surface area contributed by atoms with Gasteiger partial charge < -0.3 is 20.9 Å². The quantitative estimate of drug-likeness (QED) is 0.435. The van der Waals surface area contributed by atoms with Crippen molar-refractivity contribution in [3.8, 4) is 0 Å². The molecule has 0 aliphatic rings. The van der Waals surface area contributed by atoms with Crippen molar-refractivity contribution in [2.75, 3.05) is 29.0 Å². The fourth-order valence-electron chi connectivity index (χ4n) is 3.29. The van der Waals surface area contributed by atoms with Gasteiger partial charge in [-0.1, -0.05) is 0 Å². The number of H-pyrrole nitrogens is 2. The molecule has 0 aliphatic heterocycles. The van der Waals surface area contributed by atoms with E-state index in [9.17, 15) is 4.79 Å². The Morgan fingerprint density at radius 1 is 1.19 bits per heavy atom. The summed E-state index contributed by atoms with van der Waals surface area (Å²) < 4.78 is 0. The largest absolute Gasteiger partial charge is 0.371 e. The average molecular weight is 363 g/mol. The fourth-order valence-corrected chi connectivity index (χ4v) is 3.29. The standard InChI is InChI=1S/C19H21N7O/c1-3-26(4-2)17-9-16-15(23-19(20)24-16)8-13(17)18(27)22-12-6-5-11-10-21-25-14(11)7-12/h5-10H,3-4H2,1-2H3,(H,21,25)(H,22,27)(H3,20,23,24). The second-order valence-electron chi connectivity index (χ2n) is 6.31. The highest BCUT2D eigenvalue weighted by Gasteiger charge is 2.18. The Morgan fingerprint density at radius 2 is 2.00 bits per heavy atom. The van der Waals surface area contributed by atoms with E-state index in [1.807, 2.05) is 24.3 Å². The van der Waals surface area contributed by atoms with Crippen molar-refractivity contribution < 1.29 is 4.79 Å². The van der Waals surface area contributed by atoms with Gasteiger partial charge in [0.2, 0.25) is 0 Å². The predicted octanol–water partition coefficient (Wildman–Crippen LogP) is 3.12. The molecule has 0 bridgehead atoms. The lowest BCUT2D eigenvalue weighted by Gasteiger charge is -2.23. The van der Waals surface area contributed by atoms with Gasteiger partial charge in [0, 0.05) is 24.2 Å². The van der Waals surface area contributed by atoms with Crippen LogP contribution in [-0.4, -0.2) is 39.2 Å². The molecule has 0 atom stereocenters. The lowest BCUT2D eigenvalue weighted by molar-refractivity contribution is 0.102. The number of amides is 1. The first-order chi connectivity index (χ1) is 13.1. The summed E-state index contributed by atoms with van der Waals surface area (Å²) in [5.41, 5.74) is 10.2. The number of carbonyl (C=O) groups is 1. The van der Waals surface area contributed by atoms with Crippen LogP contribution < -0.4 is 16.0 Å². The van der Waals surface area contributed by atoms with Crippen molar-refractivity contribution in [3.05, 3.63) is 42.1 Å². The zero-order valence-corrected chi connectivity index (χ0v) is 15.2. The van der Waals surface area contributed by atoms with Crippen LogP contribution in [0.3, 0.4) is 0 Å². The number of rotatable bonds is 5. The monoisotopic (exact) mass is 363 g/mol. The topological polar surface area (TPSA) is 116 Å². The van der Waals surface area contributed by atoms with Crippen LogP contribution in [-0.2, 0) is 0 Å². The maximum absolute atomic E-state index is 13.1. The zero-order chi connectivity index (χ0) is 19.0. The summed E-state index contributed by atoms with van der Waals surface area (Å²) >= 11 is 0. The third kappa shape index (κ3) is 3.05. The molecule has 0 spiro atoms. The Balaban J connectivity index is 1.75. The number of nitrogen functional groups attached to an aromatic ring is 1. The van der Waals surface area contributed by atoms with E-state index in [1.165, 1.54) is 0 Å². The second-order valence-corrected chi connectivity index (χ2v) is 6.31. The third-order valence-corrected chi connectivity index (χ3v) is 4.67. The predicted molar refractivity (Wildman–Crippen MR) is 108 cm³/mol. The van der Waals surface area contributed by atoms with Crippen LogP contribution in [0.4, 0.5) is 17.3 Å². The molecule has 0 saturated carbocycles. The van der Waals surface area contributed by atoms with Crippen molar-refractivity contribution in [3.63, 3.8) is 0 Å². The number of fused-ring (bicyclic) bond motifs is 2. The number of benzene rings is 2. The van der Waals surface area contributed by atoms with Crippen LogP contribution in [0.25, 0.3) is 21.9 Å². The molecule has 0 saturated heterocycles. The normalized spacial score (nSPS) is 11.2. The Morgan fingerprint density at radius 3 is 2.78 bits per heavy atom. The highest BCUT2D eigenvalue weighted by Crippen LogP contribution is 2.28. The molecular weight excluding hydrogens is 342 g/mol. The Bertz CT molecular complexity index is 1120. The molecule has 0 aliphatic carbocycles. The first-order valence-electron chi connectivity index (χ1n) is 8.87. The molecule has 5 N–H and O–H groups in total. The van der Waals surface area contributed by atoms with Gasteiger partial charge >= 0.3 is 0 Å². The van der Waals surface area contributed by atoms with E-state index in [4.69, 9.17) is 5.73 Å². The lowest BCUT2D eigenvalue weighted by Crippen LogP contribution is -2.25. The molecule has 2 aromatic carbocycles. The number of anilines is 3. The van der Waals surface area contributed by atoms with Gasteiger partial charge in [0.05, 0.1) is 34.0 Å². The van der Waals surface area contributed by atoms with E-state index >= 15 is 0 Å². The number of imidazole rings is 1. The van der Waals surface area contributed by atoms with Gasteiger partial charge in [-0.3, -0.25) is 9.89 Å². The SMILES string of the molecule is CCN(CC)c1cc2nc(N)[nH]c2cc1C(=O)Nc1ccc2cn[nH]c2c1. The summed E-state index contributed by atoms with van der Waals surface area (Å²) in [5, 5.41) is 10.9. The molecule has 4 aromatic rings. The van der Waals surface area contributed by atoms with Crippen LogP contribution >= 0.6 is 0 Å². The highest BCUT2D eigenvalue weighted by atomic mass is 16.1. The minimum absolute atomic E-state index is 0.189. The third-order valence-electron chi connectivity index (χ3n) is 4.67. The summed E-state index contributed by atoms with van der Waals surface area (Å²) in [5.74, 6) is 0.142. The Labute approximate surface area is 155 Å². The average Bonchev–Trinajstić information content (AvgIpc) is 3.26.